The zero-order valence-electron chi connectivity index (χ0n) is 7.09. The summed E-state index contributed by atoms with van der Waals surface area (Å²) in [6.45, 7) is 1.31. The number of hydrogen-bond donors (Lipinski definition) is 0. The third kappa shape index (κ3) is 2.09. The number of ether oxygens (including phenoxy) is 1. The average molecular weight is 165 g/mol. The highest BCUT2D eigenvalue weighted by Crippen LogP contribution is 2.27. The minimum atomic E-state index is -0.411. The molecule has 0 saturated heterocycles. The van der Waals surface area contributed by atoms with Crippen LogP contribution in [0.5, 0.6) is 0 Å². The highest BCUT2D eigenvalue weighted by Gasteiger charge is 2.14. The molecule has 12 heavy (non-hydrogen) atoms. The lowest BCUT2D eigenvalue weighted by atomic mass is 10.2. The van der Waals surface area contributed by atoms with Crippen LogP contribution in [0.2, 0.25) is 0 Å². The van der Waals surface area contributed by atoms with Crippen LogP contribution in [0.25, 0.3) is 0 Å². The highest BCUT2D eigenvalue weighted by atomic mass is 16.5. The predicted octanol–water partition coefficient (Wildman–Crippen LogP) is 1.90. The first-order chi connectivity index (χ1) is 5.74. The van der Waals surface area contributed by atoms with Gasteiger partial charge in [0.15, 0.2) is 0 Å². The van der Waals surface area contributed by atoms with Crippen LogP contribution in [-0.4, -0.2) is 5.97 Å². The van der Waals surface area contributed by atoms with Gasteiger partial charge in [-0.25, -0.2) is 0 Å². The number of nitriles is 1. The fourth-order valence-corrected chi connectivity index (χ4v) is 1.35. The smallest absolute Gasteiger partial charge is 0.308 e. The van der Waals surface area contributed by atoms with E-state index in [1.807, 2.05) is 6.07 Å². The fraction of sp³-hybridized carbons (Fsp3) is 0.556. The number of allylic oxidation sites excluding steroid dienone is 2. The van der Waals surface area contributed by atoms with Crippen LogP contribution in [0, 0.1) is 11.3 Å². The van der Waals surface area contributed by atoms with Crippen molar-refractivity contribution in [3.63, 3.8) is 0 Å². The van der Waals surface area contributed by atoms with Crippen molar-refractivity contribution < 1.29 is 9.53 Å². The maximum absolute atomic E-state index is 10.6. The Bertz CT molecular complexity index is 252. The molecule has 0 spiro atoms. The SMILES string of the molecule is CC(=O)OC(C#N)=C1CCCC1. The van der Waals surface area contributed by atoms with Crippen molar-refractivity contribution in [2.45, 2.75) is 32.6 Å². The Morgan fingerprint density at radius 1 is 1.50 bits per heavy atom. The number of nitrogens with zero attached hydrogens (tertiary/aromatic N) is 1. The summed E-state index contributed by atoms with van der Waals surface area (Å²) < 4.78 is 4.76. The molecule has 64 valence electrons. The number of carbonyl (C=O) groups excluding carboxylic acids is 1. The second kappa shape index (κ2) is 3.91. The molecule has 0 atom stereocenters. The summed E-state index contributed by atoms with van der Waals surface area (Å²) in [5.41, 5.74) is 0.993. The van der Waals surface area contributed by atoms with Gasteiger partial charge in [-0.3, -0.25) is 4.79 Å². The normalized spacial score (nSPS) is 15.5. The van der Waals surface area contributed by atoms with Crippen molar-refractivity contribution in [2.24, 2.45) is 0 Å². The molecule has 0 radical (unpaired) electrons. The molecule has 1 aliphatic rings. The highest BCUT2D eigenvalue weighted by molar-refractivity contribution is 5.68. The van der Waals surface area contributed by atoms with E-state index in [-0.39, 0.29) is 5.76 Å². The molecule has 3 nitrogen and oxygen atoms in total. The second-order valence-corrected chi connectivity index (χ2v) is 2.85. The summed E-state index contributed by atoms with van der Waals surface area (Å²) >= 11 is 0. The molecule has 0 amide bonds. The van der Waals surface area contributed by atoms with Gasteiger partial charge >= 0.3 is 5.97 Å². The van der Waals surface area contributed by atoms with E-state index in [0.29, 0.717) is 0 Å². The minimum absolute atomic E-state index is 0.222. The molecule has 0 N–H and O–H groups in total. The number of hydrogen-bond acceptors (Lipinski definition) is 3. The molecule has 0 aromatic rings. The van der Waals surface area contributed by atoms with E-state index in [1.54, 1.807) is 0 Å². The van der Waals surface area contributed by atoms with E-state index in [4.69, 9.17) is 10.00 Å². The molecule has 1 aliphatic carbocycles. The molecular weight excluding hydrogens is 154 g/mol. The van der Waals surface area contributed by atoms with Crippen LogP contribution < -0.4 is 0 Å². The fourth-order valence-electron chi connectivity index (χ4n) is 1.35. The van der Waals surface area contributed by atoms with Gasteiger partial charge in [0.1, 0.15) is 6.07 Å². The van der Waals surface area contributed by atoms with E-state index < -0.39 is 5.97 Å². The summed E-state index contributed by atoms with van der Waals surface area (Å²) in [6, 6.07) is 1.91. The van der Waals surface area contributed by atoms with Crippen molar-refractivity contribution in [1.82, 2.24) is 0 Å². The molecule has 1 rings (SSSR count). The van der Waals surface area contributed by atoms with E-state index >= 15 is 0 Å². The summed E-state index contributed by atoms with van der Waals surface area (Å²) in [4.78, 5) is 10.6. The minimum Gasteiger partial charge on any atom is -0.415 e. The molecule has 0 unspecified atom stereocenters. The Balaban J connectivity index is 2.72. The van der Waals surface area contributed by atoms with Crippen molar-refractivity contribution in [1.29, 1.82) is 5.26 Å². The Hall–Kier alpha value is -1.30. The Morgan fingerprint density at radius 2 is 2.08 bits per heavy atom. The van der Waals surface area contributed by atoms with Gasteiger partial charge in [-0.2, -0.15) is 5.26 Å². The molecule has 0 heterocycles. The maximum atomic E-state index is 10.6. The van der Waals surface area contributed by atoms with Gasteiger partial charge in [-0.1, -0.05) is 0 Å². The average Bonchev–Trinajstić information content (AvgIpc) is 2.51. The number of carbonyl (C=O) groups is 1. The quantitative estimate of drug-likeness (QED) is 0.338. The predicted molar refractivity (Wildman–Crippen MR) is 42.9 cm³/mol. The van der Waals surface area contributed by atoms with Gasteiger partial charge in [0.05, 0.1) is 0 Å². The molecule has 0 aliphatic heterocycles. The van der Waals surface area contributed by atoms with Crippen molar-refractivity contribution in [3.8, 4) is 6.07 Å². The van der Waals surface area contributed by atoms with Gasteiger partial charge in [-0.15, -0.1) is 0 Å². The van der Waals surface area contributed by atoms with Crippen LogP contribution in [0.3, 0.4) is 0 Å². The number of rotatable bonds is 1. The van der Waals surface area contributed by atoms with Crippen LogP contribution >= 0.6 is 0 Å². The van der Waals surface area contributed by atoms with Crippen LogP contribution in [0.1, 0.15) is 32.6 Å². The topological polar surface area (TPSA) is 50.1 Å². The molecular formula is C9H11NO2. The third-order valence-electron chi connectivity index (χ3n) is 1.88. The van der Waals surface area contributed by atoms with E-state index in [0.717, 1.165) is 31.3 Å². The van der Waals surface area contributed by atoms with Gasteiger partial charge in [0.2, 0.25) is 5.76 Å². The summed E-state index contributed by atoms with van der Waals surface area (Å²) in [7, 11) is 0. The van der Waals surface area contributed by atoms with E-state index in [9.17, 15) is 4.79 Å². The zero-order chi connectivity index (χ0) is 8.97. The summed E-state index contributed by atoms with van der Waals surface area (Å²) in [5, 5.41) is 8.65. The standard InChI is InChI=1S/C9H11NO2/c1-7(11)12-9(6-10)8-4-2-3-5-8/h2-5H2,1H3. The molecule has 0 aromatic heterocycles. The lowest BCUT2D eigenvalue weighted by molar-refractivity contribution is -0.136. The number of esters is 1. The van der Waals surface area contributed by atoms with Gasteiger partial charge < -0.3 is 4.74 Å². The van der Waals surface area contributed by atoms with Gasteiger partial charge in [0, 0.05) is 6.92 Å². The van der Waals surface area contributed by atoms with Crippen LogP contribution in [0.15, 0.2) is 11.3 Å². The van der Waals surface area contributed by atoms with Crippen molar-refractivity contribution >= 4 is 5.97 Å². The van der Waals surface area contributed by atoms with E-state index in [1.165, 1.54) is 6.92 Å². The Kier molecular flexibility index (Phi) is 2.87. The lowest BCUT2D eigenvalue weighted by Gasteiger charge is -2.01. The molecule has 1 fully saturated rings. The Labute approximate surface area is 71.6 Å². The first-order valence-electron chi connectivity index (χ1n) is 4.04. The molecule has 1 saturated carbocycles. The van der Waals surface area contributed by atoms with Gasteiger partial charge in [-0.05, 0) is 31.3 Å². The molecule has 0 bridgehead atoms. The third-order valence-corrected chi connectivity index (χ3v) is 1.88. The maximum Gasteiger partial charge on any atom is 0.308 e. The van der Waals surface area contributed by atoms with E-state index in [2.05, 4.69) is 0 Å². The summed E-state index contributed by atoms with van der Waals surface area (Å²) in [5.74, 6) is -0.189. The first kappa shape index (κ1) is 8.79. The van der Waals surface area contributed by atoms with Crippen molar-refractivity contribution in [3.05, 3.63) is 11.3 Å². The van der Waals surface area contributed by atoms with Crippen LogP contribution in [-0.2, 0) is 9.53 Å². The Morgan fingerprint density at radius 3 is 2.50 bits per heavy atom. The van der Waals surface area contributed by atoms with Crippen molar-refractivity contribution in [2.75, 3.05) is 0 Å². The monoisotopic (exact) mass is 165 g/mol. The largest absolute Gasteiger partial charge is 0.415 e. The van der Waals surface area contributed by atoms with Crippen LogP contribution in [0.4, 0.5) is 0 Å². The summed E-state index contributed by atoms with van der Waals surface area (Å²) in [6.07, 6.45) is 4.00. The second-order valence-electron chi connectivity index (χ2n) is 2.85. The molecule has 0 aromatic carbocycles. The lowest BCUT2D eigenvalue weighted by Crippen LogP contribution is -1.99. The van der Waals surface area contributed by atoms with Gasteiger partial charge in [0.25, 0.3) is 0 Å². The first-order valence-corrected chi connectivity index (χ1v) is 4.04. The molecule has 3 heteroatoms. The zero-order valence-corrected chi connectivity index (χ0v) is 7.09.